The molecule has 0 saturated carbocycles. The van der Waals surface area contributed by atoms with Crippen LogP contribution in [0.5, 0.6) is 0 Å². The number of hydrogen-bond acceptors (Lipinski definition) is 4. The molecule has 0 bridgehead atoms. The van der Waals surface area contributed by atoms with Crippen molar-refractivity contribution >= 4 is 44.2 Å². The molecule has 0 N–H and O–H groups in total. The molecule has 5 nitrogen and oxygen atoms in total. The van der Waals surface area contributed by atoms with E-state index in [1.54, 1.807) is 9.80 Å². The van der Waals surface area contributed by atoms with E-state index in [-0.39, 0.29) is 11.8 Å². The van der Waals surface area contributed by atoms with Crippen molar-refractivity contribution in [3.8, 4) is 0 Å². The Bertz CT molecular complexity index is 977. The second-order valence-corrected chi connectivity index (χ2v) is 8.48. The Kier molecular flexibility index (Phi) is 5.13. The Morgan fingerprint density at radius 1 is 1.18 bits per heavy atom. The fourth-order valence-electron chi connectivity index (χ4n) is 3.45. The molecule has 0 atom stereocenters. The highest BCUT2D eigenvalue weighted by Crippen LogP contribution is 2.30. The summed E-state index contributed by atoms with van der Waals surface area (Å²) in [5.41, 5.74) is 2.37. The lowest BCUT2D eigenvalue weighted by molar-refractivity contribution is -0.117. The zero-order valence-corrected chi connectivity index (χ0v) is 16.9. The van der Waals surface area contributed by atoms with Crippen LogP contribution in [-0.2, 0) is 4.79 Å². The predicted molar refractivity (Wildman–Crippen MR) is 114 cm³/mol. The van der Waals surface area contributed by atoms with E-state index in [4.69, 9.17) is 0 Å². The quantitative estimate of drug-likeness (QED) is 0.630. The third-order valence-electron chi connectivity index (χ3n) is 4.81. The fourth-order valence-corrected chi connectivity index (χ4v) is 4.42. The van der Waals surface area contributed by atoms with Crippen molar-refractivity contribution in [1.82, 2.24) is 4.98 Å². The summed E-state index contributed by atoms with van der Waals surface area (Å²) < 4.78 is 1.07. The number of carbonyl (C=O) groups is 2. The normalized spacial score (nSPS) is 14.2. The van der Waals surface area contributed by atoms with Gasteiger partial charge >= 0.3 is 0 Å². The van der Waals surface area contributed by atoms with Crippen LogP contribution in [0.15, 0.2) is 48.5 Å². The number of carbonyl (C=O) groups excluding carboxylic acids is 2. The number of aromatic nitrogens is 1. The average molecular weight is 394 g/mol. The molecule has 1 aromatic heterocycles. The maximum atomic E-state index is 13.3. The molecule has 4 rings (SSSR count). The van der Waals surface area contributed by atoms with E-state index in [1.807, 2.05) is 48.5 Å². The first-order valence-electron chi connectivity index (χ1n) is 9.61. The second kappa shape index (κ2) is 7.72. The van der Waals surface area contributed by atoms with Gasteiger partial charge in [0.2, 0.25) is 5.91 Å². The molecule has 1 saturated heterocycles. The molecule has 3 aromatic rings. The van der Waals surface area contributed by atoms with E-state index in [0.29, 0.717) is 24.4 Å². The standard InChI is InChI=1S/C22H23N3O2S/c1-15(2)14-25(22-23-18-6-3-4-7-19(18)28-22)21(27)16-9-11-17(12-10-16)24-13-5-8-20(24)26/h3-4,6-7,9-12,15H,5,8,13-14H2,1-2H3. The lowest BCUT2D eigenvalue weighted by atomic mass is 10.1. The summed E-state index contributed by atoms with van der Waals surface area (Å²) in [6, 6.07) is 15.3. The molecular formula is C22H23N3O2S. The maximum absolute atomic E-state index is 13.3. The van der Waals surface area contributed by atoms with Crippen LogP contribution in [0.3, 0.4) is 0 Å². The number of thiazole rings is 1. The van der Waals surface area contributed by atoms with Crippen molar-refractivity contribution in [2.45, 2.75) is 26.7 Å². The van der Waals surface area contributed by atoms with Gasteiger partial charge in [-0.1, -0.05) is 37.3 Å². The van der Waals surface area contributed by atoms with E-state index in [2.05, 4.69) is 18.8 Å². The first kappa shape index (κ1) is 18.6. The number of rotatable bonds is 5. The number of hydrogen-bond donors (Lipinski definition) is 0. The molecular weight excluding hydrogens is 370 g/mol. The average Bonchev–Trinajstić information content (AvgIpc) is 3.31. The molecule has 144 valence electrons. The summed E-state index contributed by atoms with van der Waals surface area (Å²) in [7, 11) is 0. The van der Waals surface area contributed by atoms with Crippen molar-refractivity contribution in [2.75, 3.05) is 22.9 Å². The minimum Gasteiger partial charge on any atom is -0.312 e. The Labute approximate surface area is 168 Å². The van der Waals surface area contributed by atoms with Gasteiger partial charge in [0.05, 0.1) is 10.2 Å². The van der Waals surface area contributed by atoms with Crippen LogP contribution in [0.2, 0.25) is 0 Å². The topological polar surface area (TPSA) is 53.5 Å². The molecule has 28 heavy (non-hydrogen) atoms. The molecule has 0 spiro atoms. The highest BCUT2D eigenvalue weighted by Gasteiger charge is 2.24. The van der Waals surface area contributed by atoms with Crippen LogP contribution in [0.1, 0.15) is 37.0 Å². The zero-order chi connectivity index (χ0) is 19.7. The van der Waals surface area contributed by atoms with Crippen LogP contribution in [0.4, 0.5) is 10.8 Å². The number of anilines is 2. The molecule has 0 aliphatic carbocycles. The highest BCUT2D eigenvalue weighted by atomic mass is 32.1. The van der Waals surface area contributed by atoms with Crippen molar-refractivity contribution in [1.29, 1.82) is 0 Å². The monoisotopic (exact) mass is 393 g/mol. The third kappa shape index (κ3) is 3.64. The number of benzene rings is 2. The SMILES string of the molecule is CC(C)CN(C(=O)c1ccc(N2CCCC2=O)cc1)c1nc2ccccc2s1. The summed E-state index contributed by atoms with van der Waals surface area (Å²) in [6.07, 6.45) is 1.49. The minimum atomic E-state index is -0.0629. The lowest BCUT2D eigenvalue weighted by Gasteiger charge is -2.22. The van der Waals surface area contributed by atoms with E-state index in [1.165, 1.54) is 11.3 Å². The van der Waals surface area contributed by atoms with Crippen LogP contribution < -0.4 is 9.80 Å². The van der Waals surface area contributed by atoms with Gasteiger partial charge in [0, 0.05) is 30.8 Å². The Balaban J connectivity index is 1.62. The summed E-state index contributed by atoms with van der Waals surface area (Å²) in [5, 5.41) is 0.721. The van der Waals surface area contributed by atoms with Crippen molar-refractivity contribution in [3.63, 3.8) is 0 Å². The van der Waals surface area contributed by atoms with E-state index in [0.717, 1.165) is 34.0 Å². The molecule has 1 aliphatic heterocycles. The number of amides is 2. The predicted octanol–water partition coefficient (Wildman–Crippen LogP) is 4.73. The highest BCUT2D eigenvalue weighted by molar-refractivity contribution is 7.22. The fraction of sp³-hybridized carbons (Fsp3) is 0.318. The number of nitrogens with zero attached hydrogens (tertiary/aromatic N) is 3. The minimum absolute atomic E-state index is 0.0629. The van der Waals surface area contributed by atoms with Gasteiger partial charge in [-0.05, 0) is 48.7 Å². The van der Waals surface area contributed by atoms with Crippen molar-refractivity contribution < 1.29 is 9.59 Å². The summed E-state index contributed by atoms with van der Waals surface area (Å²) in [5.74, 6) is 0.402. The lowest BCUT2D eigenvalue weighted by Crippen LogP contribution is -2.34. The summed E-state index contributed by atoms with van der Waals surface area (Å²) >= 11 is 1.54. The summed E-state index contributed by atoms with van der Waals surface area (Å²) in [6.45, 7) is 5.54. The third-order valence-corrected chi connectivity index (χ3v) is 5.87. The second-order valence-electron chi connectivity index (χ2n) is 7.47. The Hall–Kier alpha value is -2.73. The van der Waals surface area contributed by atoms with Crippen molar-refractivity contribution in [2.24, 2.45) is 5.92 Å². The molecule has 6 heteroatoms. The van der Waals surface area contributed by atoms with Gasteiger partial charge in [0.25, 0.3) is 5.91 Å². The molecule has 0 unspecified atom stereocenters. The maximum Gasteiger partial charge on any atom is 0.260 e. The van der Waals surface area contributed by atoms with Crippen LogP contribution in [0, 0.1) is 5.92 Å². The Morgan fingerprint density at radius 2 is 1.93 bits per heavy atom. The van der Waals surface area contributed by atoms with E-state index >= 15 is 0 Å². The summed E-state index contributed by atoms with van der Waals surface area (Å²) in [4.78, 5) is 33.4. The van der Waals surface area contributed by atoms with Gasteiger partial charge in [0.15, 0.2) is 5.13 Å². The smallest absolute Gasteiger partial charge is 0.260 e. The first-order valence-corrected chi connectivity index (χ1v) is 10.4. The molecule has 2 heterocycles. The van der Waals surface area contributed by atoms with Crippen LogP contribution in [-0.4, -0.2) is 29.9 Å². The van der Waals surface area contributed by atoms with Crippen LogP contribution in [0.25, 0.3) is 10.2 Å². The molecule has 1 aliphatic rings. The van der Waals surface area contributed by atoms with Gasteiger partial charge in [0.1, 0.15) is 0 Å². The van der Waals surface area contributed by atoms with Gasteiger partial charge in [-0.3, -0.25) is 14.5 Å². The van der Waals surface area contributed by atoms with Crippen molar-refractivity contribution in [3.05, 3.63) is 54.1 Å². The van der Waals surface area contributed by atoms with E-state index < -0.39 is 0 Å². The molecule has 2 amide bonds. The first-order chi connectivity index (χ1) is 13.5. The number of para-hydroxylation sites is 1. The molecule has 1 fully saturated rings. The van der Waals surface area contributed by atoms with Gasteiger partial charge in [-0.25, -0.2) is 4.98 Å². The Morgan fingerprint density at radius 3 is 2.57 bits per heavy atom. The van der Waals surface area contributed by atoms with Gasteiger partial charge in [-0.15, -0.1) is 0 Å². The van der Waals surface area contributed by atoms with E-state index in [9.17, 15) is 9.59 Å². The van der Waals surface area contributed by atoms with Crippen LogP contribution >= 0.6 is 11.3 Å². The number of fused-ring (bicyclic) bond motifs is 1. The largest absolute Gasteiger partial charge is 0.312 e. The molecule has 2 aromatic carbocycles. The molecule has 0 radical (unpaired) electrons. The zero-order valence-electron chi connectivity index (χ0n) is 16.1. The van der Waals surface area contributed by atoms with Gasteiger partial charge < -0.3 is 4.90 Å². The van der Waals surface area contributed by atoms with Gasteiger partial charge in [-0.2, -0.15) is 0 Å².